The van der Waals surface area contributed by atoms with Crippen molar-refractivity contribution in [2.45, 2.75) is 26.3 Å². The van der Waals surface area contributed by atoms with E-state index in [9.17, 15) is 4.39 Å². The molecule has 0 aliphatic carbocycles. The maximum absolute atomic E-state index is 13.6. The quantitative estimate of drug-likeness (QED) is 0.901. The second-order valence-electron chi connectivity index (χ2n) is 4.48. The smallest absolute Gasteiger partial charge is 0.146 e. The molecule has 18 heavy (non-hydrogen) atoms. The van der Waals surface area contributed by atoms with E-state index in [-0.39, 0.29) is 11.9 Å². The van der Waals surface area contributed by atoms with Crippen LogP contribution in [0.5, 0.6) is 0 Å². The van der Waals surface area contributed by atoms with E-state index in [4.69, 9.17) is 5.73 Å². The van der Waals surface area contributed by atoms with E-state index >= 15 is 0 Å². The molecule has 4 nitrogen and oxygen atoms in total. The van der Waals surface area contributed by atoms with E-state index in [0.717, 1.165) is 17.0 Å². The average Bonchev–Trinajstić information content (AvgIpc) is 2.56. The van der Waals surface area contributed by atoms with E-state index in [1.54, 1.807) is 12.3 Å². The molecule has 0 fully saturated rings. The van der Waals surface area contributed by atoms with E-state index in [1.807, 2.05) is 25.6 Å². The molecule has 0 aromatic carbocycles. The Morgan fingerprint density at radius 1 is 1.44 bits per heavy atom. The van der Waals surface area contributed by atoms with E-state index in [1.165, 1.54) is 6.20 Å². The zero-order chi connectivity index (χ0) is 13.3. The first-order valence-electron chi connectivity index (χ1n) is 5.84. The molecule has 2 aromatic heterocycles. The molecule has 1 unspecified atom stereocenters. The highest BCUT2D eigenvalue weighted by Crippen LogP contribution is 2.22. The third-order valence-electron chi connectivity index (χ3n) is 3.29. The Hall–Kier alpha value is -1.75. The van der Waals surface area contributed by atoms with Gasteiger partial charge in [-0.3, -0.25) is 9.67 Å². The van der Waals surface area contributed by atoms with Crippen LogP contribution in [0.4, 0.5) is 4.39 Å². The van der Waals surface area contributed by atoms with Crippen LogP contribution >= 0.6 is 0 Å². The van der Waals surface area contributed by atoms with Gasteiger partial charge >= 0.3 is 0 Å². The lowest BCUT2D eigenvalue weighted by Gasteiger charge is -2.13. The Labute approximate surface area is 106 Å². The summed E-state index contributed by atoms with van der Waals surface area (Å²) in [6.45, 7) is 3.93. The zero-order valence-electron chi connectivity index (χ0n) is 10.8. The van der Waals surface area contributed by atoms with Gasteiger partial charge in [0.25, 0.3) is 0 Å². The highest BCUT2D eigenvalue weighted by Gasteiger charge is 2.16. The summed E-state index contributed by atoms with van der Waals surface area (Å²) in [5, 5.41) is 4.33. The van der Waals surface area contributed by atoms with Gasteiger partial charge in [0.15, 0.2) is 0 Å². The van der Waals surface area contributed by atoms with Crippen LogP contribution in [-0.4, -0.2) is 14.8 Å². The molecule has 2 heterocycles. The van der Waals surface area contributed by atoms with Gasteiger partial charge in [-0.05, 0) is 31.9 Å². The van der Waals surface area contributed by atoms with Gasteiger partial charge in [0, 0.05) is 30.5 Å². The molecule has 0 radical (unpaired) electrons. The van der Waals surface area contributed by atoms with Crippen LogP contribution < -0.4 is 5.73 Å². The number of hydrogen-bond acceptors (Lipinski definition) is 3. The predicted octanol–water partition coefficient (Wildman–Crippen LogP) is 1.81. The summed E-state index contributed by atoms with van der Waals surface area (Å²) in [4.78, 5) is 3.73. The third-order valence-corrected chi connectivity index (χ3v) is 3.29. The molecule has 0 spiro atoms. The summed E-state index contributed by atoms with van der Waals surface area (Å²) in [7, 11) is 1.89. The Kier molecular flexibility index (Phi) is 3.43. The lowest BCUT2D eigenvalue weighted by Crippen LogP contribution is -2.16. The fraction of sp³-hybridized carbons (Fsp3) is 0.385. The monoisotopic (exact) mass is 248 g/mol. The Morgan fingerprint density at radius 2 is 2.17 bits per heavy atom. The number of pyridine rings is 1. The number of aryl methyl sites for hydroxylation is 2. The van der Waals surface area contributed by atoms with Crippen LogP contribution in [0.2, 0.25) is 0 Å². The Morgan fingerprint density at radius 3 is 2.72 bits per heavy atom. The van der Waals surface area contributed by atoms with Crippen LogP contribution in [0.25, 0.3) is 0 Å². The largest absolute Gasteiger partial charge is 0.324 e. The molecule has 0 amide bonds. The standard InChI is InChI=1S/C13H17FN4/c1-8-11(9(2)18(3)17-8)6-13(15)10-4-5-16-7-12(10)14/h4-5,7,13H,6,15H2,1-3H3. The minimum atomic E-state index is -0.380. The molecule has 2 aromatic rings. The topological polar surface area (TPSA) is 56.7 Å². The number of halogens is 1. The first-order chi connectivity index (χ1) is 8.50. The van der Waals surface area contributed by atoms with Gasteiger partial charge in [0.2, 0.25) is 0 Å². The van der Waals surface area contributed by atoms with Crippen LogP contribution in [0.3, 0.4) is 0 Å². The lowest BCUT2D eigenvalue weighted by atomic mass is 9.99. The SMILES string of the molecule is Cc1nn(C)c(C)c1CC(N)c1ccncc1F. The lowest BCUT2D eigenvalue weighted by molar-refractivity contribution is 0.573. The zero-order valence-corrected chi connectivity index (χ0v) is 10.8. The summed E-state index contributed by atoms with van der Waals surface area (Å²) in [5.41, 5.74) is 9.66. The molecule has 0 saturated carbocycles. The number of rotatable bonds is 3. The minimum Gasteiger partial charge on any atom is -0.324 e. The van der Waals surface area contributed by atoms with Gasteiger partial charge in [-0.25, -0.2) is 4.39 Å². The third kappa shape index (κ3) is 2.26. The second kappa shape index (κ2) is 4.86. The van der Waals surface area contributed by atoms with Gasteiger partial charge in [0.1, 0.15) is 5.82 Å². The number of hydrogen-bond donors (Lipinski definition) is 1. The Bertz CT molecular complexity index is 562. The molecule has 0 aliphatic heterocycles. The van der Waals surface area contributed by atoms with Crippen LogP contribution in [-0.2, 0) is 13.5 Å². The van der Waals surface area contributed by atoms with E-state index in [2.05, 4.69) is 10.1 Å². The molecular formula is C13H17FN4. The van der Waals surface area contributed by atoms with Crippen molar-refractivity contribution in [2.24, 2.45) is 12.8 Å². The van der Waals surface area contributed by atoms with Crippen molar-refractivity contribution in [3.63, 3.8) is 0 Å². The van der Waals surface area contributed by atoms with Crippen LogP contribution in [0, 0.1) is 19.7 Å². The normalized spacial score (nSPS) is 12.7. The summed E-state index contributed by atoms with van der Waals surface area (Å²) in [5.74, 6) is -0.357. The fourth-order valence-electron chi connectivity index (χ4n) is 2.13. The van der Waals surface area contributed by atoms with Gasteiger partial charge in [-0.1, -0.05) is 0 Å². The van der Waals surface area contributed by atoms with Gasteiger partial charge < -0.3 is 5.73 Å². The first-order valence-corrected chi connectivity index (χ1v) is 5.84. The van der Waals surface area contributed by atoms with Crippen molar-refractivity contribution in [3.8, 4) is 0 Å². The molecule has 0 bridgehead atoms. The van der Waals surface area contributed by atoms with E-state index < -0.39 is 0 Å². The molecule has 1 atom stereocenters. The van der Waals surface area contributed by atoms with Gasteiger partial charge in [-0.2, -0.15) is 5.10 Å². The van der Waals surface area contributed by atoms with Crippen molar-refractivity contribution in [1.82, 2.24) is 14.8 Å². The fourth-order valence-corrected chi connectivity index (χ4v) is 2.13. The maximum atomic E-state index is 13.6. The van der Waals surface area contributed by atoms with Crippen molar-refractivity contribution in [3.05, 3.63) is 46.8 Å². The summed E-state index contributed by atoms with van der Waals surface area (Å²) < 4.78 is 15.4. The average molecular weight is 248 g/mol. The molecule has 0 saturated heterocycles. The number of nitrogens with two attached hydrogens (primary N) is 1. The van der Waals surface area contributed by atoms with Gasteiger partial charge in [-0.15, -0.1) is 0 Å². The summed E-state index contributed by atoms with van der Waals surface area (Å²) in [6.07, 6.45) is 3.33. The highest BCUT2D eigenvalue weighted by molar-refractivity contribution is 5.28. The molecular weight excluding hydrogens is 231 g/mol. The van der Waals surface area contributed by atoms with Crippen molar-refractivity contribution in [1.29, 1.82) is 0 Å². The van der Waals surface area contributed by atoms with Crippen molar-refractivity contribution < 1.29 is 4.39 Å². The minimum absolute atomic E-state index is 0.357. The van der Waals surface area contributed by atoms with Crippen molar-refractivity contribution in [2.75, 3.05) is 0 Å². The van der Waals surface area contributed by atoms with Gasteiger partial charge in [0.05, 0.1) is 11.9 Å². The number of nitrogens with zero attached hydrogens (tertiary/aromatic N) is 3. The molecule has 2 N–H and O–H groups in total. The molecule has 2 rings (SSSR count). The summed E-state index contributed by atoms with van der Waals surface area (Å²) >= 11 is 0. The van der Waals surface area contributed by atoms with Crippen LogP contribution in [0.15, 0.2) is 18.5 Å². The molecule has 5 heteroatoms. The van der Waals surface area contributed by atoms with E-state index in [0.29, 0.717) is 12.0 Å². The first kappa shape index (κ1) is 12.7. The predicted molar refractivity (Wildman–Crippen MR) is 67.5 cm³/mol. The molecule has 0 aliphatic rings. The summed E-state index contributed by atoms with van der Waals surface area (Å²) in [6, 6.07) is 1.25. The van der Waals surface area contributed by atoms with Crippen molar-refractivity contribution >= 4 is 0 Å². The second-order valence-corrected chi connectivity index (χ2v) is 4.48. The highest BCUT2D eigenvalue weighted by atomic mass is 19.1. The van der Waals surface area contributed by atoms with Crippen LogP contribution in [0.1, 0.15) is 28.6 Å². The Balaban J connectivity index is 2.27. The maximum Gasteiger partial charge on any atom is 0.146 e. The molecule has 96 valence electrons. The number of aromatic nitrogens is 3.